The molecule has 0 unspecified atom stereocenters. The highest BCUT2D eigenvalue weighted by Crippen LogP contribution is 2.45. The monoisotopic (exact) mass is 422 g/mol. The summed E-state index contributed by atoms with van der Waals surface area (Å²) in [6, 6.07) is 5.59. The zero-order valence-electron chi connectivity index (χ0n) is 15.7. The van der Waals surface area contributed by atoms with Crippen molar-refractivity contribution in [3.63, 3.8) is 0 Å². The molecule has 0 saturated carbocycles. The number of likely N-dealkylation sites (tertiary alicyclic amines) is 1. The van der Waals surface area contributed by atoms with Gasteiger partial charge in [0.25, 0.3) is 0 Å². The van der Waals surface area contributed by atoms with Gasteiger partial charge in [-0.15, -0.1) is 0 Å². The molecule has 2 aliphatic rings. The Bertz CT molecular complexity index is 1010. The highest BCUT2D eigenvalue weighted by molar-refractivity contribution is 7.90. The molecule has 0 radical (unpaired) electrons. The van der Waals surface area contributed by atoms with Crippen LogP contribution in [-0.2, 0) is 33.1 Å². The molecule has 2 aliphatic heterocycles. The van der Waals surface area contributed by atoms with Gasteiger partial charge >= 0.3 is 0 Å². The first-order valence-electron chi connectivity index (χ1n) is 9.28. The second-order valence-electron chi connectivity index (χ2n) is 7.74. The van der Waals surface area contributed by atoms with E-state index in [9.17, 15) is 13.2 Å². The van der Waals surface area contributed by atoms with E-state index in [1.165, 1.54) is 6.26 Å². The third kappa shape index (κ3) is 3.81. The van der Waals surface area contributed by atoms with E-state index in [-0.39, 0.29) is 11.7 Å². The van der Waals surface area contributed by atoms with Gasteiger partial charge in [-0.05, 0) is 49.7 Å². The van der Waals surface area contributed by atoms with Crippen LogP contribution in [0, 0.1) is 0 Å². The topological polar surface area (TPSA) is 84.3 Å². The van der Waals surface area contributed by atoms with E-state index in [2.05, 4.69) is 15.3 Å². The third-order valence-electron chi connectivity index (χ3n) is 5.67. The standard InChI is InChI=1S/C19H23ClN4O3S/c1-28(26,27)9-8-24-13-14(11-21-24)12-23-6-4-19(5-7-23)16-10-15(20)2-3-17(16)22-18(19)25/h2-3,10-11,13H,4-9,12H2,1H3,(H,22,25). The van der Waals surface area contributed by atoms with Crippen molar-refractivity contribution >= 4 is 33.0 Å². The second kappa shape index (κ2) is 7.17. The van der Waals surface area contributed by atoms with Gasteiger partial charge in [-0.1, -0.05) is 11.6 Å². The van der Waals surface area contributed by atoms with Crippen LogP contribution in [0.15, 0.2) is 30.6 Å². The van der Waals surface area contributed by atoms with Crippen LogP contribution < -0.4 is 5.32 Å². The fourth-order valence-corrected chi connectivity index (χ4v) is 4.79. The lowest BCUT2D eigenvalue weighted by Crippen LogP contribution is -2.46. The lowest BCUT2D eigenvalue weighted by Gasteiger charge is -2.37. The average molecular weight is 423 g/mol. The molecule has 2 aromatic rings. The van der Waals surface area contributed by atoms with Crippen molar-refractivity contribution in [1.29, 1.82) is 0 Å². The molecule has 1 saturated heterocycles. The quantitative estimate of drug-likeness (QED) is 0.797. The Morgan fingerprint density at radius 1 is 1.29 bits per heavy atom. The Morgan fingerprint density at radius 2 is 2.04 bits per heavy atom. The molecule has 7 nitrogen and oxygen atoms in total. The molecule has 1 fully saturated rings. The van der Waals surface area contributed by atoms with Crippen LogP contribution in [0.5, 0.6) is 0 Å². The highest BCUT2D eigenvalue weighted by atomic mass is 35.5. The lowest BCUT2D eigenvalue weighted by atomic mass is 9.73. The summed E-state index contributed by atoms with van der Waals surface area (Å²) in [5, 5.41) is 7.91. The van der Waals surface area contributed by atoms with Crippen molar-refractivity contribution in [1.82, 2.24) is 14.7 Å². The van der Waals surface area contributed by atoms with Crippen LogP contribution in [-0.4, -0.2) is 54.1 Å². The van der Waals surface area contributed by atoms with E-state index < -0.39 is 15.3 Å². The molecule has 9 heteroatoms. The first-order valence-corrected chi connectivity index (χ1v) is 11.7. The number of carbonyl (C=O) groups excluding carboxylic acids is 1. The number of hydrogen-bond acceptors (Lipinski definition) is 5. The average Bonchev–Trinajstić information content (AvgIpc) is 3.18. The summed E-state index contributed by atoms with van der Waals surface area (Å²) in [7, 11) is -3.00. The maximum Gasteiger partial charge on any atom is 0.235 e. The number of nitrogens with zero attached hydrogens (tertiary/aromatic N) is 3. The number of piperidine rings is 1. The highest BCUT2D eigenvalue weighted by Gasteiger charge is 2.48. The summed E-state index contributed by atoms with van der Waals surface area (Å²) in [5.74, 6) is 0.148. The molecular formula is C19H23ClN4O3S. The molecule has 3 heterocycles. The Kier molecular flexibility index (Phi) is 4.97. The minimum absolute atomic E-state index is 0.0676. The normalized spacial score (nSPS) is 19.0. The summed E-state index contributed by atoms with van der Waals surface area (Å²) in [6.45, 7) is 2.69. The number of fused-ring (bicyclic) bond motifs is 2. The van der Waals surface area contributed by atoms with Crippen LogP contribution in [0.3, 0.4) is 0 Å². The van der Waals surface area contributed by atoms with Crippen LogP contribution >= 0.6 is 11.6 Å². The maximum atomic E-state index is 12.7. The molecule has 4 rings (SSSR count). The molecule has 1 spiro atoms. The fourth-order valence-electron chi connectivity index (χ4n) is 4.10. The number of aromatic nitrogens is 2. The largest absolute Gasteiger partial charge is 0.325 e. The van der Waals surface area contributed by atoms with Gasteiger partial charge in [0.2, 0.25) is 5.91 Å². The van der Waals surface area contributed by atoms with Gasteiger partial charge in [-0.25, -0.2) is 8.42 Å². The first-order chi connectivity index (χ1) is 13.2. The number of hydrogen-bond donors (Lipinski definition) is 1. The van der Waals surface area contributed by atoms with Crippen LogP contribution in [0.4, 0.5) is 5.69 Å². The first kappa shape index (κ1) is 19.4. The van der Waals surface area contributed by atoms with Crippen LogP contribution in [0.25, 0.3) is 0 Å². The van der Waals surface area contributed by atoms with Gasteiger partial charge in [0.05, 0.1) is 23.9 Å². The fraction of sp³-hybridized carbons (Fsp3) is 0.474. The van der Waals surface area contributed by atoms with E-state index >= 15 is 0 Å². The van der Waals surface area contributed by atoms with E-state index in [0.29, 0.717) is 11.6 Å². The number of sulfone groups is 1. The summed E-state index contributed by atoms with van der Waals surface area (Å²) in [6.07, 6.45) is 6.39. The zero-order valence-corrected chi connectivity index (χ0v) is 17.3. The number of nitrogens with one attached hydrogen (secondary N) is 1. The van der Waals surface area contributed by atoms with Gasteiger partial charge in [-0.3, -0.25) is 14.4 Å². The van der Waals surface area contributed by atoms with Crippen molar-refractivity contribution in [2.24, 2.45) is 0 Å². The molecule has 1 aromatic carbocycles. The Morgan fingerprint density at radius 3 is 2.75 bits per heavy atom. The van der Waals surface area contributed by atoms with Gasteiger partial charge in [-0.2, -0.15) is 5.10 Å². The van der Waals surface area contributed by atoms with Crippen molar-refractivity contribution < 1.29 is 13.2 Å². The second-order valence-corrected chi connectivity index (χ2v) is 10.4. The van der Waals surface area contributed by atoms with Gasteiger partial charge in [0.15, 0.2) is 0 Å². The van der Waals surface area contributed by atoms with Crippen LogP contribution in [0.1, 0.15) is 24.0 Å². The summed E-state index contributed by atoms with van der Waals surface area (Å²) in [4.78, 5) is 15.0. The molecule has 1 amide bonds. The number of amides is 1. The molecule has 0 aliphatic carbocycles. The molecule has 150 valence electrons. The number of halogens is 1. The van der Waals surface area contributed by atoms with E-state index in [0.717, 1.165) is 49.3 Å². The third-order valence-corrected chi connectivity index (χ3v) is 6.83. The van der Waals surface area contributed by atoms with E-state index in [4.69, 9.17) is 11.6 Å². The summed E-state index contributed by atoms with van der Waals surface area (Å²) in [5.41, 5.74) is 2.44. The Labute approximate surface area is 169 Å². The lowest BCUT2D eigenvalue weighted by molar-refractivity contribution is -0.122. The molecule has 0 bridgehead atoms. The SMILES string of the molecule is CS(=O)(=O)CCn1cc(CN2CCC3(CC2)C(=O)Nc2ccc(Cl)cc23)cn1. The Hall–Kier alpha value is -1.90. The number of carbonyl (C=O) groups is 1. The molecule has 0 atom stereocenters. The van der Waals surface area contributed by atoms with Gasteiger partial charge in [0.1, 0.15) is 9.84 Å². The number of rotatable bonds is 5. The molecule has 1 aromatic heterocycles. The minimum atomic E-state index is -3.00. The minimum Gasteiger partial charge on any atom is -0.325 e. The number of benzene rings is 1. The van der Waals surface area contributed by atoms with E-state index in [1.807, 2.05) is 18.3 Å². The molecule has 28 heavy (non-hydrogen) atoms. The van der Waals surface area contributed by atoms with Gasteiger partial charge < -0.3 is 5.32 Å². The summed E-state index contributed by atoms with van der Waals surface area (Å²) >= 11 is 6.17. The predicted molar refractivity (Wildman–Crippen MR) is 108 cm³/mol. The van der Waals surface area contributed by atoms with Crippen molar-refractivity contribution in [3.05, 3.63) is 46.7 Å². The maximum absolute atomic E-state index is 12.7. The zero-order chi connectivity index (χ0) is 19.9. The number of aryl methyl sites for hydroxylation is 1. The predicted octanol–water partition coefficient (Wildman–Crippen LogP) is 2.07. The van der Waals surface area contributed by atoms with E-state index in [1.54, 1.807) is 16.9 Å². The number of anilines is 1. The molecule has 1 N–H and O–H groups in total. The Balaban J connectivity index is 1.40. The summed E-state index contributed by atoms with van der Waals surface area (Å²) < 4.78 is 24.3. The smallest absolute Gasteiger partial charge is 0.235 e. The van der Waals surface area contributed by atoms with Gasteiger partial charge in [0, 0.05) is 35.3 Å². The van der Waals surface area contributed by atoms with Crippen molar-refractivity contribution in [2.75, 3.05) is 30.4 Å². The van der Waals surface area contributed by atoms with Crippen LogP contribution in [0.2, 0.25) is 5.02 Å². The van der Waals surface area contributed by atoms with Crippen molar-refractivity contribution in [3.8, 4) is 0 Å². The molecular weight excluding hydrogens is 400 g/mol. The van der Waals surface area contributed by atoms with Crippen molar-refractivity contribution in [2.45, 2.75) is 31.3 Å².